The number of hydrogen-bond acceptors (Lipinski definition) is 7. The van der Waals surface area contributed by atoms with Crippen molar-refractivity contribution in [2.45, 2.75) is 50.5 Å². The predicted octanol–water partition coefficient (Wildman–Crippen LogP) is 2.19. The molecule has 1 saturated heterocycles. The number of aliphatic hydroxyl groups excluding tert-OH is 2. The maximum Gasteiger partial charge on any atom is 0.254 e. The van der Waals surface area contributed by atoms with Gasteiger partial charge in [-0.2, -0.15) is 0 Å². The smallest absolute Gasteiger partial charge is 0.254 e. The molecule has 0 bridgehead atoms. The van der Waals surface area contributed by atoms with Crippen molar-refractivity contribution >= 4 is 17.6 Å². The van der Waals surface area contributed by atoms with Gasteiger partial charge in [0, 0.05) is 50.4 Å². The number of carbonyl (C=O) groups excluding carboxylic acids is 3. The second-order valence-corrected chi connectivity index (χ2v) is 9.52. The monoisotopic (exact) mass is 536 g/mol. The van der Waals surface area contributed by atoms with E-state index in [4.69, 9.17) is 14.6 Å². The number of aliphatic hydroxyl groups is 2. The highest BCUT2D eigenvalue weighted by molar-refractivity contribution is 6.14. The molecule has 0 spiro atoms. The zero-order valence-corrected chi connectivity index (χ0v) is 22.6. The second-order valence-electron chi connectivity index (χ2n) is 9.52. The number of benzene rings is 2. The Morgan fingerprint density at radius 3 is 2.26 bits per heavy atom. The number of ketones is 1. The molecular weight excluding hydrogens is 500 g/mol. The summed E-state index contributed by atoms with van der Waals surface area (Å²) in [5, 5.41) is 21.4. The molecule has 1 heterocycles. The van der Waals surface area contributed by atoms with E-state index in [9.17, 15) is 19.5 Å². The van der Waals surface area contributed by atoms with Gasteiger partial charge in [0.1, 0.15) is 6.61 Å². The van der Waals surface area contributed by atoms with Crippen LogP contribution in [0.2, 0.25) is 0 Å². The van der Waals surface area contributed by atoms with Gasteiger partial charge in [-0.25, -0.2) is 0 Å². The molecule has 1 aliphatic rings. The first-order chi connectivity index (χ1) is 18.7. The summed E-state index contributed by atoms with van der Waals surface area (Å²) in [5.74, 6) is 4.40. The Kier molecular flexibility index (Phi) is 10.8. The van der Waals surface area contributed by atoms with Crippen LogP contribution in [-0.2, 0) is 19.1 Å². The predicted molar refractivity (Wildman–Crippen MR) is 145 cm³/mol. The van der Waals surface area contributed by atoms with Gasteiger partial charge in [-0.15, -0.1) is 0 Å². The lowest BCUT2D eigenvalue weighted by Gasteiger charge is -2.36. The number of nitrogens with one attached hydrogen (secondary N) is 1. The average Bonchev–Trinajstić information content (AvgIpc) is 2.98. The molecule has 0 saturated carbocycles. The fourth-order valence-corrected chi connectivity index (χ4v) is 4.18. The lowest BCUT2D eigenvalue weighted by molar-refractivity contribution is -0.174. The highest BCUT2D eigenvalue weighted by atomic mass is 16.7. The molecule has 3 rings (SSSR count). The fourth-order valence-electron chi connectivity index (χ4n) is 4.18. The van der Waals surface area contributed by atoms with E-state index >= 15 is 0 Å². The first-order valence-corrected chi connectivity index (χ1v) is 13.0. The number of nitrogens with zero attached hydrogens (tertiary/aromatic N) is 1. The largest absolute Gasteiger partial charge is 0.396 e. The molecule has 208 valence electrons. The number of likely N-dealkylation sites (N-methyl/N-ethyl adjacent to an activating group) is 2. The van der Waals surface area contributed by atoms with Gasteiger partial charge < -0.3 is 29.9 Å². The molecular formula is C30H36N2O7. The minimum Gasteiger partial charge on any atom is -0.396 e. The van der Waals surface area contributed by atoms with Gasteiger partial charge in [0.05, 0.1) is 6.10 Å². The molecule has 3 N–H and O–H groups in total. The van der Waals surface area contributed by atoms with Crippen molar-refractivity contribution in [2.75, 3.05) is 33.9 Å². The van der Waals surface area contributed by atoms with E-state index in [1.807, 2.05) is 0 Å². The van der Waals surface area contributed by atoms with Crippen LogP contribution < -0.4 is 5.32 Å². The van der Waals surface area contributed by atoms with Crippen molar-refractivity contribution in [3.63, 3.8) is 0 Å². The maximum absolute atomic E-state index is 13.3. The van der Waals surface area contributed by atoms with E-state index in [1.165, 1.54) is 21.0 Å². The van der Waals surface area contributed by atoms with E-state index in [0.717, 1.165) is 23.3 Å². The molecule has 9 heteroatoms. The SMILES string of the molecule is CNC(=O)[C@@](C)(C(=O)COC1CCCCO1)N(C)C(=O)c1ccc(C#Cc2ccc([C@H](O)CCO)cc2)cc1. The Morgan fingerprint density at radius 2 is 1.72 bits per heavy atom. The normalized spacial score (nSPS) is 17.2. The Hall–Kier alpha value is -3.55. The molecule has 1 aliphatic heterocycles. The average molecular weight is 537 g/mol. The number of rotatable bonds is 10. The summed E-state index contributed by atoms with van der Waals surface area (Å²) < 4.78 is 11.1. The van der Waals surface area contributed by atoms with Crippen LogP contribution in [0.15, 0.2) is 48.5 Å². The summed E-state index contributed by atoms with van der Waals surface area (Å²) in [4.78, 5) is 40.4. The standard InChI is InChI=1S/C30H36N2O7/c1-30(29(37)31-2,26(35)20-39-27-6-4-5-19-38-27)32(3)28(36)24-15-11-22(12-16-24)8-7-21-9-13-23(14-10-21)25(34)17-18-33/h9-16,25,27,33-34H,4-6,17-20H2,1-3H3,(H,31,37)/t25-,27?,30-/m1/s1. The summed E-state index contributed by atoms with van der Waals surface area (Å²) in [6, 6.07) is 13.7. The van der Waals surface area contributed by atoms with Crippen molar-refractivity contribution < 1.29 is 34.1 Å². The third-order valence-electron chi connectivity index (χ3n) is 6.91. The van der Waals surface area contributed by atoms with Crippen molar-refractivity contribution in [3.05, 3.63) is 70.8 Å². The first kappa shape index (κ1) is 30.0. The number of amides is 2. The zero-order chi connectivity index (χ0) is 28.4. The minimum absolute atomic E-state index is 0.0946. The second kappa shape index (κ2) is 14.0. The highest BCUT2D eigenvalue weighted by Gasteiger charge is 2.46. The van der Waals surface area contributed by atoms with Crippen LogP contribution in [-0.4, -0.2) is 78.5 Å². The van der Waals surface area contributed by atoms with Crippen LogP contribution >= 0.6 is 0 Å². The third kappa shape index (κ3) is 7.52. The topological polar surface area (TPSA) is 125 Å². The van der Waals surface area contributed by atoms with Crippen LogP contribution in [0, 0.1) is 11.8 Å². The van der Waals surface area contributed by atoms with Crippen LogP contribution in [0.25, 0.3) is 0 Å². The van der Waals surface area contributed by atoms with E-state index in [0.29, 0.717) is 29.7 Å². The van der Waals surface area contributed by atoms with Crippen LogP contribution in [0.1, 0.15) is 65.8 Å². The molecule has 9 nitrogen and oxygen atoms in total. The first-order valence-electron chi connectivity index (χ1n) is 13.0. The Bertz CT molecular complexity index is 1190. The van der Waals surface area contributed by atoms with E-state index < -0.39 is 35.5 Å². The van der Waals surface area contributed by atoms with Crippen molar-refractivity contribution in [2.24, 2.45) is 0 Å². The molecule has 1 unspecified atom stereocenters. The lowest BCUT2D eigenvalue weighted by atomic mass is 9.92. The number of hydrogen-bond donors (Lipinski definition) is 3. The molecule has 0 radical (unpaired) electrons. The summed E-state index contributed by atoms with van der Waals surface area (Å²) in [6.07, 6.45) is 1.60. The Morgan fingerprint density at radius 1 is 1.10 bits per heavy atom. The van der Waals surface area contributed by atoms with Gasteiger partial charge in [-0.3, -0.25) is 14.4 Å². The molecule has 39 heavy (non-hydrogen) atoms. The minimum atomic E-state index is -1.78. The van der Waals surface area contributed by atoms with Gasteiger partial charge in [-0.1, -0.05) is 24.0 Å². The zero-order valence-electron chi connectivity index (χ0n) is 22.6. The van der Waals surface area contributed by atoms with Gasteiger partial charge in [0.15, 0.2) is 17.6 Å². The van der Waals surface area contributed by atoms with Gasteiger partial charge in [0.2, 0.25) is 0 Å². The van der Waals surface area contributed by atoms with Crippen LogP contribution in [0.5, 0.6) is 0 Å². The van der Waals surface area contributed by atoms with Gasteiger partial charge in [0.25, 0.3) is 11.8 Å². The van der Waals surface area contributed by atoms with E-state index in [-0.39, 0.29) is 19.6 Å². The summed E-state index contributed by atoms with van der Waals surface area (Å²) in [6.45, 7) is 1.52. The van der Waals surface area contributed by atoms with E-state index in [2.05, 4.69) is 17.2 Å². The number of Topliss-reactive ketones (excluding diaryl/α,β-unsaturated/α-hetero) is 1. The third-order valence-corrected chi connectivity index (χ3v) is 6.91. The van der Waals surface area contributed by atoms with Gasteiger partial charge >= 0.3 is 0 Å². The molecule has 2 aromatic rings. The summed E-state index contributed by atoms with van der Waals surface area (Å²) >= 11 is 0. The van der Waals surface area contributed by atoms with Crippen molar-refractivity contribution in [3.8, 4) is 11.8 Å². The molecule has 0 aromatic heterocycles. The quantitative estimate of drug-likeness (QED) is 0.314. The molecule has 3 atom stereocenters. The molecule has 0 aliphatic carbocycles. The maximum atomic E-state index is 13.3. The summed E-state index contributed by atoms with van der Waals surface area (Å²) in [7, 11) is 2.83. The number of carbonyl (C=O) groups is 3. The molecule has 1 fully saturated rings. The fraction of sp³-hybridized carbons (Fsp3) is 0.433. The summed E-state index contributed by atoms with van der Waals surface area (Å²) in [5.41, 5.74) is 0.637. The Balaban J connectivity index is 1.69. The van der Waals surface area contributed by atoms with Gasteiger partial charge in [-0.05, 0) is 68.1 Å². The van der Waals surface area contributed by atoms with Crippen molar-refractivity contribution in [1.82, 2.24) is 10.2 Å². The number of ether oxygens (including phenoxy) is 2. The lowest BCUT2D eigenvalue weighted by Crippen LogP contribution is -2.62. The Labute approximate surface area is 229 Å². The highest BCUT2D eigenvalue weighted by Crippen LogP contribution is 2.21. The molecule has 2 amide bonds. The van der Waals surface area contributed by atoms with Crippen LogP contribution in [0.4, 0.5) is 0 Å². The van der Waals surface area contributed by atoms with E-state index in [1.54, 1.807) is 48.5 Å². The molecule has 2 aromatic carbocycles. The van der Waals surface area contributed by atoms with Crippen LogP contribution in [0.3, 0.4) is 0 Å². The van der Waals surface area contributed by atoms with Crippen molar-refractivity contribution in [1.29, 1.82) is 0 Å².